The minimum absolute atomic E-state index is 0.00312. The third kappa shape index (κ3) is 3.68. The molecule has 0 aliphatic rings. The van der Waals surface area contributed by atoms with Crippen molar-refractivity contribution in [3.05, 3.63) is 18.2 Å². The van der Waals surface area contributed by atoms with Gasteiger partial charge in [0.15, 0.2) is 0 Å². The van der Waals surface area contributed by atoms with E-state index in [9.17, 15) is 4.79 Å². The SMILES string of the molecule is CNC(=O)CCNc1cc(N)cc(OC)c1. The molecule has 0 radical (unpaired) electrons. The fourth-order valence-electron chi connectivity index (χ4n) is 1.29. The van der Waals surface area contributed by atoms with Crippen LogP contribution >= 0.6 is 0 Å². The summed E-state index contributed by atoms with van der Waals surface area (Å²) >= 11 is 0. The van der Waals surface area contributed by atoms with Crippen LogP contribution in [-0.4, -0.2) is 26.6 Å². The number of nitrogens with one attached hydrogen (secondary N) is 2. The number of rotatable bonds is 5. The van der Waals surface area contributed by atoms with Crippen LogP contribution in [0.25, 0.3) is 0 Å². The van der Waals surface area contributed by atoms with Crippen LogP contribution in [0.3, 0.4) is 0 Å². The van der Waals surface area contributed by atoms with Gasteiger partial charge in [0.2, 0.25) is 5.91 Å². The molecular weight excluding hydrogens is 206 g/mol. The fraction of sp³-hybridized carbons (Fsp3) is 0.364. The number of nitrogens with two attached hydrogens (primary N) is 1. The van der Waals surface area contributed by atoms with E-state index in [1.807, 2.05) is 6.07 Å². The molecule has 1 aromatic carbocycles. The highest BCUT2D eigenvalue weighted by molar-refractivity contribution is 5.76. The van der Waals surface area contributed by atoms with E-state index >= 15 is 0 Å². The molecule has 5 heteroatoms. The largest absolute Gasteiger partial charge is 0.497 e. The predicted molar refractivity (Wildman–Crippen MR) is 64.6 cm³/mol. The van der Waals surface area contributed by atoms with Crippen LogP contribution in [-0.2, 0) is 4.79 Å². The van der Waals surface area contributed by atoms with E-state index in [0.717, 1.165) is 5.69 Å². The van der Waals surface area contributed by atoms with E-state index in [2.05, 4.69) is 10.6 Å². The highest BCUT2D eigenvalue weighted by Gasteiger charge is 2.00. The van der Waals surface area contributed by atoms with Gasteiger partial charge in [-0.25, -0.2) is 0 Å². The van der Waals surface area contributed by atoms with Gasteiger partial charge in [0, 0.05) is 43.5 Å². The summed E-state index contributed by atoms with van der Waals surface area (Å²) in [7, 11) is 3.20. The number of amides is 1. The highest BCUT2D eigenvalue weighted by atomic mass is 16.5. The Morgan fingerprint density at radius 1 is 1.44 bits per heavy atom. The lowest BCUT2D eigenvalue weighted by Crippen LogP contribution is -2.20. The molecule has 0 aromatic heterocycles. The fourth-order valence-corrected chi connectivity index (χ4v) is 1.29. The molecule has 1 rings (SSSR count). The molecule has 0 spiro atoms. The second-order valence-corrected chi connectivity index (χ2v) is 3.34. The van der Waals surface area contributed by atoms with Crippen LogP contribution in [0.15, 0.2) is 18.2 Å². The Morgan fingerprint density at radius 2 is 2.19 bits per heavy atom. The smallest absolute Gasteiger partial charge is 0.221 e. The summed E-state index contributed by atoms with van der Waals surface area (Å²) in [5, 5.41) is 5.66. The van der Waals surface area contributed by atoms with Gasteiger partial charge in [-0.2, -0.15) is 0 Å². The molecule has 0 heterocycles. The van der Waals surface area contributed by atoms with Gasteiger partial charge in [-0.1, -0.05) is 0 Å². The Kier molecular flexibility index (Phi) is 4.44. The first kappa shape index (κ1) is 12.2. The van der Waals surface area contributed by atoms with Crippen LogP contribution < -0.4 is 21.1 Å². The van der Waals surface area contributed by atoms with E-state index in [-0.39, 0.29) is 5.91 Å². The number of benzene rings is 1. The lowest BCUT2D eigenvalue weighted by molar-refractivity contribution is -0.120. The minimum atomic E-state index is 0.00312. The molecular formula is C11H17N3O2. The standard InChI is InChI=1S/C11H17N3O2/c1-13-11(15)3-4-14-9-5-8(12)6-10(7-9)16-2/h5-7,14H,3-4,12H2,1-2H3,(H,13,15). The Morgan fingerprint density at radius 3 is 2.81 bits per heavy atom. The third-order valence-corrected chi connectivity index (χ3v) is 2.12. The average Bonchev–Trinajstić information content (AvgIpc) is 2.28. The lowest BCUT2D eigenvalue weighted by Gasteiger charge is -2.09. The Hall–Kier alpha value is -1.91. The zero-order chi connectivity index (χ0) is 12.0. The summed E-state index contributed by atoms with van der Waals surface area (Å²) in [5.41, 5.74) is 7.17. The van der Waals surface area contributed by atoms with Gasteiger partial charge in [0.25, 0.3) is 0 Å². The quantitative estimate of drug-likeness (QED) is 0.646. The van der Waals surface area contributed by atoms with Crippen molar-refractivity contribution in [2.45, 2.75) is 6.42 Å². The van der Waals surface area contributed by atoms with E-state index in [4.69, 9.17) is 10.5 Å². The van der Waals surface area contributed by atoms with Crippen molar-refractivity contribution in [3.8, 4) is 5.75 Å². The van der Waals surface area contributed by atoms with Crippen LogP contribution in [0.4, 0.5) is 11.4 Å². The van der Waals surface area contributed by atoms with Gasteiger partial charge < -0.3 is 21.1 Å². The van der Waals surface area contributed by atoms with E-state index in [1.165, 1.54) is 0 Å². The predicted octanol–water partition coefficient (Wildman–Crippen LogP) is 0.825. The van der Waals surface area contributed by atoms with Gasteiger partial charge in [0.1, 0.15) is 5.75 Å². The van der Waals surface area contributed by atoms with Crippen molar-refractivity contribution >= 4 is 17.3 Å². The summed E-state index contributed by atoms with van der Waals surface area (Å²) in [6.07, 6.45) is 0.424. The van der Waals surface area contributed by atoms with Crippen LogP contribution in [0.1, 0.15) is 6.42 Å². The summed E-state index contributed by atoms with van der Waals surface area (Å²) in [5.74, 6) is 0.700. The third-order valence-electron chi connectivity index (χ3n) is 2.12. The van der Waals surface area contributed by atoms with Gasteiger partial charge in [-0.15, -0.1) is 0 Å². The topological polar surface area (TPSA) is 76.4 Å². The van der Waals surface area contributed by atoms with Crippen LogP contribution in [0, 0.1) is 0 Å². The van der Waals surface area contributed by atoms with Gasteiger partial charge in [-0.3, -0.25) is 4.79 Å². The molecule has 0 bridgehead atoms. The van der Waals surface area contributed by atoms with Crippen LogP contribution in [0.2, 0.25) is 0 Å². The Labute approximate surface area is 95.0 Å². The first-order valence-electron chi connectivity index (χ1n) is 5.04. The van der Waals surface area contributed by atoms with Crippen molar-refractivity contribution in [2.24, 2.45) is 0 Å². The first-order valence-corrected chi connectivity index (χ1v) is 5.04. The molecule has 0 aliphatic heterocycles. The highest BCUT2D eigenvalue weighted by Crippen LogP contribution is 2.21. The number of hydrogen-bond donors (Lipinski definition) is 3. The Balaban J connectivity index is 2.53. The molecule has 0 fully saturated rings. The minimum Gasteiger partial charge on any atom is -0.497 e. The molecule has 0 saturated carbocycles. The number of ether oxygens (including phenoxy) is 1. The number of nitrogen functional groups attached to an aromatic ring is 1. The van der Waals surface area contributed by atoms with E-state index in [0.29, 0.717) is 24.4 Å². The van der Waals surface area contributed by atoms with Crippen molar-refractivity contribution in [1.82, 2.24) is 5.32 Å². The maximum atomic E-state index is 11.0. The maximum absolute atomic E-state index is 11.0. The molecule has 88 valence electrons. The second kappa shape index (κ2) is 5.85. The van der Waals surface area contributed by atoms with Crippen molar-refractivity contribution in [2.75, 3.05) is 31.8 Å². The lowest BCUT2D eigenvalue weighted by atomic mass is 10.2. The monoisotopic (exact) mass is 223 g/mol. The molecule has 4 N–H and O–H groups in total. The molecule has 0 unspecified atom stereocenters. The summed E-state index contributed by atoms with van der Waals surface area (Å²) < 4.78 is 5.08. The van der Waals surface area contributed by atoms with E-state index < -0.39 is 0 Å². The molecule has 5 nitrogen and oxygen atoms in total. The summed E-state index contributed by atoms with van der Waals surface area (Å²) in [6.45, 7) is 0.562. The summed E-state index contributed by atoms with van der Waals surface area (Å²) in [6, 6.07) is 5.37. The van der Waals surface area contributed by atoms with Gasteiger partial charge in [0.05, 0.1) is 7.11 Å². The average molecular weight is 223 g/mol. The second-order valence-electron chi connectivity index (χ2n) is 3.34. The Bertz CT molecular complexity index is 366. The number of carbonyl (C=O) groups excluding carboxylic acids is 1. The molecule has 16 heavy (non-hydrogen) atoms. The molecule has 0 aliphatic carbocycles. The zero-order valence-electron chi connectivity index (χ0n) is 9.54. The molecule has 0 saturated heterocycles. The number of methoxy groups -OCH3 is 1. The van der Waals surface area contributed by atoms with Gasteiger partial charge in [-0.05, 0) is 6.07 Å². The zero-order valence-corrected chi connectivity index (χ0v) is 9.54. The normalized spacial score (nSPS) is 9.62. The number of carbonyl (C=O) groups is 1. The first-order chi connectivity index (χ1) is 7.65. The van der Waals surface area contributed by atoms with Crippen molar-refractivity contribution in [3.63, 3.8) is 0 Å². The number of hydrogen-bond acceptors (Lipinski definition) is 4. The van der Waals surface area contributed by atoms with Crippen molar-refractivity contribution in [1.29, 1.82) is 0 Å². The number of anilines is 2. The maximum Gasteiger partial charge on any atom is 0.221 e. The molecule has 0 atom stereocenters. The van der Waals surface area contributed by atoms with Gasteiger partial charge >= 0.3 is 0 Å². The summed E-state index contributed by atoms with van der Waals surface area (Å²) in [4.78, 5) is 11.0. The molecule has 1 amide bonds. The van der Waals surface area contributed by atoms with Crippen LogP contribution in [0.5, 0.6) is 5.75 Å². The van der Waals surface area contributed by atoms with Crippen molar-refractivity contribution < 1.29 is 9.53 Å². The molecule has 1 aromatic rings. The van der Waals surface area contributed by atoms with E-state index in [1.54, 1.807) is 26.3 Å².